The van der Waals surface area contributed by atoms with Crippen LogP contribution < -0.4 is 10.6 Å². The number of hydrogen-bond donors (Lipinski definition) is 2. The van der Waals surface area contributed by atoms with Crippen LogP contribution in [0.4, 0.5) is 0 Å². The summed E-state index contributed by atoms with van der Waals surface area (Å²) in [6.45, 7) is 3.11. The van der Waals surface area contributed by atoms with Gasteiger partial charge in [0.15, 0.2) is 0 Å². The fourth-order valence-corrected chi connectivity index (χ4v) is 3.15. The first-order valence-electron chi connectivity index (χ1n) is 9.22. The van der Waals surface area contributed by atoms with E-state index in [2.05, 4.69) is 30.2 Å². The molecule has 1 aliphatic rings. The molecular weight excluding hydrogens is 340 g/mol. The van der Waals surface area contributed by atoms with E-state index in [1.165, 1.54) is 0 Å². The van der Waals surface area contributed by atoms with Crippen LogP contribution in [0.1, 0.15) is 22.1 Å². The van der Waals surface area contributed by atoms with Gasteiger partial charge in [0.25, 0.3) is 5.91 Å². The zero-order valence-electron chi connectivity index (χ0n) is 15.1. The monoisotopic (exact) mass is 362 g/mol. The molecule has 2 aromatic heterocycles. The van der Waals surface area contributed by atoms with E-state index in [4.69, 9.17) is 0 Å². The van der Waals surface area contributed by atoms with E-state index < -0.39 is 0 Å². The number of hydrogen-bond acceptors (Lipinski definition) is 5. The lowest BCUT2D eigenvalue weighted by Crippen LogP contribution is -2.26. The highest BCUT2D eigenvalue weighted by Gasteiger charge is 2.15. The van der Waals surface area contributed by atoms with E-state index in [9.17, 15) is 4.79 Å². The van der Waals surface area contributed by atoms with Crippen molar-refractivity contribution in [2.24, 2.45) is 0 Å². The predicted octanol–water partition coefficient (Wildman–Crippen LogP) is 1.46. The van der Waals surface area contributed by atoms with Gasteiger partial charge in [0.1, 0.15) is 17.3 Å². The maximum atomic E-state index is 12.4. The van der Waals surface area contributed by atoms with E-state index in [-0.39, 0.29) is 5.91 Å². The van der Waals surface area contributed by atoms with Crippen LogP contribution in [0.15, 0.2) is 48.8 Å². The molecule has 7 heteroatoms. The summed E-state index contributed by atoms with van der Waals surface area (Å²) in [5, 5.41) is 6.24. The number of amides is 1. The van der Waals surface area contributed by atoms with E-state index in [1.54, 1.807) is 6.20 Å². The van der Waals surface area contributed by atoms with Crippen molar-refractivity contribution < 1.29 is 4.79 Å². The Balaban J connectivity index is 1.35. The molecule has 0 saturated carbocycles. The first kappa shape index (κ1) is 17.4. The number of rotatable bonds is 5. The van der Waals surface area contributed by atoms with E-state index in [0.717, 1.165) is 43.1 Å². The van der Waals surface area contributed by atoms with E-state index in [1.807, 2.05) is 42.6 Å². The second kappa shape index (κ2) is 8.09. The molecule has 1 aliphatic heterocycles. The highest BCUT2D eigenvalue weighted by molar-refractivity contribution is 5.92. The Morgan fingerprint density at radius 1 is 1.15 bits per heavy atom. The second-order valence-corrected chi connectivity index (χ2v) is 6.47. The highest BCUT2D eigenvalue weighted by Crippen LogP contribution is 2.15. The van der Waals surface area contributed by atoms with Gasteiger partial charge in [-0.15, -0.1) is 0 Å². The number of benzene rings is 1. The first-order chi connectivity index (χ1) is 13.3. The smallest absolute Gasteiger partial charge is 0.271 e. The standard InChI is InChI=1S/C20H22N6O/c27-20(17-14-26-13-12-21-9-8-19(26)25-17)23-11-7-18-22-10-6-16(24-18)15-4-2-1-3-5-15/h1-6,10,14,21H,7-9,11-13H2,(H,23,27). The van der Waals surface area contributed by atoms with Crippen molar-refractivity contribution in [3.63, 3.8) is 0 Å². The molecule has 7 nitrogen and oxygen atoms in total. The number of fused-ring (bicyclic) bond motifs is 1. The molecule has 0 unspecified atom stereocenters. The average molecular weight is 362 g/mol. The predicted molar refractivity (Wildman–Crippen MR) is 102 cm³/mol. The van der Waals surface area contributed by atoms with Crippen molar-refractivity contribution in [2.75, 3.05) is 19.6 Å². The lowest BCUT2D eigenvalue weighted by Gasteiger charge is -2.05. The normalized spacial score (nSPS) is 13.6. The van der Waals surface area contributed by atoms with Crippen LogP contribution in [0.5, 0.6) is 0 Å². The number of aromatic nitrogens is 4. The van der Waals surface area contributed by atoms with Gasteiger partial charge in [-0.2, -0.15) is 0 Å². The minimum absolute atomic E-state index is 0.150. The highest BCUT2D eigenvalue weighted by atomic mass is 16.1. The van der Waals surface area contributed by atoms with E-state index in [0.29, 0.717) is 24.5 Å². The van der Waals surface area contributed by atoms with Crippen LogP contribution in [0.25, 0.3) is 11.3 Å². The summed E-state index contributed by atoms with van der Waals surface area (Å²) < 4.78 is 2.06. The van der Waals surface area contributed by atoms with Gasteiger partial charge < -0.3 is 15.2 Å². The molecule has 3 aromatic rings. The van der Waals surface area contributed by atoms with Gasteiger partial charge in [0.05, 0.1) is 5.69 Å². The topological polar surface area (TPSA) is 84.7 Å². The second-order valence-electron chi connectivity index (χ2n) is 6.47. The number of carbonyl (C=O) groups is 1. The molecule has 1 amide bonds. The molecule has 0 aliphatic carbocycles. The van der Waals surface area contributed by atoms with Crippen LogP contribution in [0, 0.1) is 0 Å². The van der Waals surface area contributed by atoms with Crippen molar-refractivity contribution in [3.05, 3.63) is 66.1 Å². The van der Waals surface area contributed by atoms with Crippen LogP contribution >= 0.6 is 0 Å². The van der Waals surface area contributed by atoms with Gasteiger partial charge in [-0.25, -0.2) is 15.0 Å². The summed E-state index contributed by atoms with van der Waals surface area (Å²) in [4.78, 5) is 25.7. The number of carbonyl (C=O) groups excluding carboxylic acids is 1. The van der Waals surface area contributed by atoms with Gasteiger partial charge in [-0.3, -0.25) is 4.79 Å². The molecule has 0 atom stereocenters. The van der Waals surface area contributed by atoms with Crippen molar-refractivity contribution in [3.8, 4) is 11.3 Å². The van der Waals surface area contributed by atoms with Crippen LogP contribution in [-0.4, -0.2) is 45.1 Å². The molecule has 1 aromatic carbocycles. The molecule has 4 rings (SSSR count). The van der Waals surface area contributed by atoms with Crippen LogP contribution in [-0.2, 0) is 19.4 Å². The SMILES string of the molecule is O=C(NCCc1nccc(-c2ccccc2)n1)c1cn2c(n1)CCNCC2. The Hall–Kier alpha value is -3.06. The molecule has 0 radical (unpaired) electrons. The summed E-state index contributed by atoms with van der Waals surface area (Å²) in [7, 11) is 0. The minimum atomic E-state index is -0.150. The van der Waals surface area contributed by atoms with Gasteiger partial charge in [-0.05, 0) is 6.07 Å². The molecule has 2 N–H and O–H groups in total. The molecule has 0 spiro atoms. The van der Waals surface area contributed by atoms with Gasteiger partial charge in [-0.1, -0.05) is 30.3 Å². The maximum Gasteiger partial charge on any atom is 0.271 e. The number of nitrogens with zero attached hydrogens (tertiary/aromatic N) is 4. The third kappa shape index (κ3) is 4.20. The Morgan fingerprint density at radius 2 is 2.04 bits per heavy atom. The van der Waals surface area contributed by atoms with Crippen molar-refractivity contribution in [2.45, 2.75) is 19.4 Å². The molecule has 0 bridgehead atoms. The summed E-state index contributed by atoms with van der Waals surface area (Å²) in [5.41, 5.74) is 2.42. The third-order valence-electron chi connectivity index (χ3n) is 4.56. The van der Waals surface area contributed by atoms with E-state index >= 15 is 0 Å². The fraction of sp³-hybridized carbons (Fsp3) is 0.300. The largest absolute Gasteiger partial charge is 0.350 e. The Kier molecular flexibility index (Phi) is 5.20. The molecule has 3 heterocycles. The van der Waals surface area contributed by atoms with Crippen molar-refractivity contribution >= 4 is 5.91 Å². The van der Waals surface area contributed by atoms with Crippen molar-refractivity contribution in [1.82, 2.24) is 30.2 Å². The van der Waals surface area contributed by atoms with Gasteiger partial charge >= 0.3 is 0 Å². The first-order valence-corrected chi connectivity index (χ1v) is 9.22. The molecule has 27 heavy (non-hydrogen) atoms. The average Bonchev–Trinajstić information content (AvgIpc) is 2.99. The Bertz CT molecular complexity index is 898. The summed E-state index contributed by atoms with van der Waals surface area (Å²) in [5.74, 6) is 1.52. The third-order valence-corrected chi connectivity index (χ3v) is 4.56. The Labute approximate surface area is 157 Å². The van der Waals surface area contributed by atoms with Gasteiger partial charge in [0, 0.05) is 57.0 Å². The zero-order valence-corrected chi connectivity index (χ0v) is 15.1. The number of imidazole rings is 1. The Morgan fingerprint density at radius 3 is 2.93 bits per heavy atom. The van der Waals surface area contributed by atoms with Crippen LogP contribution in [0.2, 0.25) is 0 Å². The molecule has 0 fully saturated rings. The summed E-state index contributed by atoms with van der Waals surface area (Å²) in [6, 6.07) is 11.9. The van der Waals surface area contributed by atoms with Gasteiger partial charge in [0.2, 0.25) is 0 Å². The summed E-state index contributed by atoms with van der Waals surface area (Å²) in [6.07, 6.45) is 5.01. The fourth-order valence-electron chi connectivity index (χ4n) is 3.15. The van der Waals surface area contributed by atoms with Crippen LogP contribution in [0.3, 0.4) is 0 Å². The maximum absolute atomic E-state index is 12.4. The lowest BCUT2D eigenvalue weighted by molar-refractivity contribution is 0.0949. The molecular formula is C20H22N6O. The quantitative estimate of drug-likeness (QED) is 0.718. The number of nitrogens with one attached hydrogen (secondary N) is 2. The summed E-state index contributed by atoms with van der Waals surface area (Å²) >= 11 is 0. The molecule has 138 valence electrons. The van der Waals surface area contributed by atoms with Crippen molar-refractivity contribution in [1.29, 1.82) is 0 Å². The minimum Gasteiger partial charge on any atom is -0.350 e. The zero-order chi connectivity index (χ0) is 18.5. The lowest BCUT2D eigenvalue weighted by atomic mass is 10.1. The molecule has 0 saturated heterocycles.